The van der Waals surface area contributed by atoms with Crippen LogP contribution in [0.4, 0.5) is 5.69 Å². The van der Waals surface area contributed by atoms with E-state index in [1.54, 1.807) is 11.9 Å². The molecule has 0 aliphatic carbocycles. The summed E-state index contributed by atoms with van der Waals surface area (Å²) in [5.41, 5.74) is 1.23. The lowest BCUT2D eigenvalue weighted by Crippen LogP contribution is -2.44. The number of rotatable bonds is 12. The molecule has 1 N–H and O–H groups in total. The summed E-state index contributed by atoms with van der Waals surface area (Å²) >= 11 is 1.75. The van der Waals surface area contributed by atoms with Crippen LogP contribution < -0.4 is 10.2 Å². The second kappa shape index (κ2) is 12.5. The monoisotopic (exact) mass is 455 g/mol. The first-order chi connectivity index (χ1) is 15.5. The summed E-state index contributed by atoms with van der Waals surface area (Å²) in [5, 5.41) is 5.82. The first-order valence-corrected chi connectivity index (χ1v) is 13.2. The first kappa shape index (κ1) is 24.9. The van der Waals surface area contributed by atoms with E-state index in [1.807, 2.05) is 0 Å². The third-order valence-corrected chi connectivity index (χ3v) is 7.67. The van der Waals surface area contributed by atoms with E-state index in [4.69, 9.17) is 0 Å². The van der Waals surface area contributed by atoms with E-state index in [2.05, 4.69) is 78.9 Å². The molecule has 0 aromatic heterocycles. The summed E-state index contributed by atoms with van der Waals surface area (Å²) in [6.45, 7) is 5.37. The van der Waals surface area contributed by atoms with Crippen LogP contribution in [0.25, 0.3) is 10.8 Å². The lowest BCUT2D eigenvalue weighted by atomic mass is 10.1. The molecule has 1 aliphatic rings. The van der Waals surface area contributed by atoms with E-state index < -0.39 is 0 Å². The molecule has 0 bridgehead atoms. The fourth-order valence-electron chi connectivity index (χ4n) is 4.61. The van der Waals surface area contributed by atoms with E-state index >= 15 is 0 Å². The molecular formula is C27H41N3OS. The van der Waals surface area contributed by atoms with Crippen LogP contribution in [0.3, 0.4) is 0 Å². The number of fused-ring (bicyclic) bond motifs is 1. The second-order valence-electron chi connectivity index (χ2n) is 9.38. The molecule has 176 valence electrons. The maximum Gasteiger partial charge on any atom is 0.238 e. The Kier molecular flexibility index (Phi) is 9.73. The van der Waals surface area contributed by atoms with Gasteiger partial charge >= 0.3 is 0 Å². The molecule has 1 heterocycles. The molecule has 4 nitrogen and oxygen atoms in total. The predicted molar refractivity (Wildman–Crippen MR) is 139 cm³/mol. The summed E-state index contributed by atoms with van der Waals surface area (Å²) in [7, 11) is 4.17. The normalized spacial score (nSPS) is 17.6. The fraction of sp³-hybridized carbons (Fsp3) is 0.593. The van der Waals surface area contributed by atoms with Crippen molar-refractivity contribution in [2.75, 3.05) is 25.5 Å². The molecule has 0 radical (unpaired) electrons. The van der Waals surface area contributed by atoms with Gasteiger partial charge in [-0.25, -0.2) is 4.31 Å². The number of hydrogen-bond donors (Lipinski definition) is 1. The highest BCUT2D eigenvalue weighted by Gasteiger charge is 2.32. The Labute approximate surface area is 199 Å². The van der Waals surface area contributed by atoms with Gasteiger partial charge in [0.1, 0.15) is 0 Å². The van der Waals surface area contributed by atoms with Crippen LogP contribution in [0, 0.1) is 0 Å². The van der Waals surface area contributed by atoms with Crippen molar-refractivity contribution in [3.63, 3.8) is 0 Å². The minimum atomic E-state index is -0.0423. The number of anilines is 1. The Morgan fingerprint density at radius 1 is 1.09 bits per heavy atom. The smallest absolute Gasteiger partial charge is 0.238 e. The molecule has 1 aliphatic heterocycles. The third kappa shape index (κ3) is 6.64. The minimum Gasteiger partial charge on any atom is -0.377 e. The predicted octanol–water partition coefficient (Wildman–Crippen LogP) is 6.63. The van der Waals surface area contributed by atoms with Crippen LogP contribution in [0.1, 0.15) is 71.6 Å². The Bertz CT molecular complexity index is 869. The van der Waals surface area contributed by atoms with Gasteiger partial charge < -0.3 is 10.2 Å². The summed E-state index contributed by atoms with van der Waals surface area (Å²) < 4.78 is 2.30. The lowest BCUT2D eigenvalue weighted by molar-refractivity contribution is -0.124. The molecule has 2 aromatic carbocycles. The van der Waals surface area contributed by atoms with Crippen molar-refractivity contribution in [2.45, 2.75) is 88.6 Å². The number of nitrogens with zero attached hydrogens (tertiary/aromatic N) is 2. The Hall–Kier alpha value is -1.72. The average Bonchev–Trinajstić information content (AvgIpc) is 3.24. The van der Waals surface area contributed by atoms with Crippen molar-refractivity contribution in [2.24, 2.45) is 0 Å². The summed E-state index contributed by atoms with van der Waals surface area (Å²) in [6.07, 6.45) is 10.9. The van der Waals surface area contributed by atoms with Crippen molar-refractivity contribution in [3.8, 4) is 0 Å². The molecule has 2 aromatic rings. The molecular weight excluding hydrogens is 414 g/mol. The summed E-state index contributed by atoms with van der Waals surface area (Å²) in [6, 6.07) is 13.2. The van der Waals surface area contributed by atoms with Gasteiger partial charge in [0.2, 0.25) is 5.91 Å². The van der Waals surface area contributed by atoms with Crippen molar-refractivity contribution in [1.29, 1.82) is 0 Å². The van der Waals surface area contributed by atoms with Crippen LogP contribution >= 0.6 is 11.9 Å². The van der Waals surface area contributed by atoms with E-state index in [0.29, 0.717) is 0 Å². The van der Waals surface area contributed by atoms with Crippen molar-refractivity contribution in [1.82, 2.24) is 9.62 Å². The van der Waals surface area contributed by atoms with Crippen molar-refractivity contribution < 1.29 is 4.79 Å². The zero-order valence-electron chi connectivity index (χ0n) is 20.4. The van der Waals surface area contributed by atoms with Gasteiger partial charge in [0, 0.05) is 42.7 Å². The van der Waals surface area contributed by atoms with Crippen LogP contribution in [0.2, 0.25) is 0 Å². The molecule has 0 spiro atoms. The van der Waals surface area contributed by atoms with Gasteiger partial charge in [-0.2, -0.15) is 0 Å². The van der Waals surface area contributed by atoms with Crippen molar-refractivity contribution >= 4 is 34.3 Å². The van der Waals surface area contributed by atoms with Crippen LogP contribution in [0.15, 0.2) is 41.3 Å². The quantitative estimate of drug-likeness (QED) is 0.288. The number of carbonyl (C=O) groups excluding carboxylic acids is 1. The molecule has 1 fully saturated rings. The maximum atomic E-state index is 13.1. The SMILES string of the molecule is CCCCCCCCC(C)NC(=O)C1CCCN1Sc1cccc2c(N(C)C)cccc12. The molecule has 1 saturated heterocycles. The Morgan fingerprint density at radius 3 is 2.59 bits per heavy atom. The van der Waals surface area contributed by atoms with Gasteiger partial charge in [0.15, 0.2) is 0 Å². The maximum absolute atomic E-state index is 13.1. The van der Waals surface area contributed by atoms with Crippen LogP contribution in [-0.4, -0.2) is 42.9 Å². The van der Waals surface area contributed by atoms with Crippen LogP contribution in [0.5, 0.6) is 0 Å². The molecule has 1 amide bonds. The Morgan fingerprint density at radius 2 is 1.81 bits per heavy atom. The second-order valence-corrected chi connectivity index (χ2v) is 10.5. The third-order valence-electron chi connectivity index (χ3n) is 6.44. The number of amides is 1. The largest absolute Gasteiger partial charge is 0.377 e. The van der Waals surface area contributed by atoms with Gasteiger partial charge in [-0.05, 0) is 55.7 Å². The van der Waals surface area contributed by atoms with Crippen molar-refractivity contribution in [3.05, 3.63) is 36.4 Å². The van der Waals surface area contributed by atoms with Gasteiger partial charge in [0.25, 0.3) is 0 Å². The number of benzene rings is 2. The first-order valence-electron chi connectivity index (χ1n) is 12.4. The topological polar surface area (TPSA) is 35.6 Å². The van der Waals surface area contributed by atoms with E-state index in [0.717, 1.165) is 25.8 Å². The molecule has 2 unspecified atom stereocenters. The molecule has 3 rings (SSSR count). The molecule has 0 saturated carbocycles. The van der Waals surface area contributed by atoms with Gasteiger partial charge in [-0.1, -0.05) is 69.7 Å². The number of hydrogen-bond acceptors (Lipinski definition) is 4. The zero-order chi connectivity index (χ0) is 22.9. The van der Waals surface area contributed by atoms with Gasteiger partial charge in [0.05, 0.1) is 6.04 Å². The van der Waals surface area contributed by atoms with E-state index in [9.17, 15) is 4.79 Å². The van der Waals surface area contributed by atoms with Gasteiger partial charge in [-0.15, -0.1) is 0 Å². The standard InChI is InChI=1S/C27H41N3OS/c1-5-6-7-8-9-10-14-21(2)28-27(31)25-18-13-20-30(25)32-26-19-12-15-22-23(26)16-11-17-24(22)29(3)4/h11-12,15-17,19,21,25H,5-10,13-14,18,20H2,1-4H3,(H,28,31). The van der Waals surface area contributed by atoms with E-state index in [1.165, 1.54) is 59.9 Å². The number of nitrogens with one attached hydrogen (secondary N) is 1. The lowest BCUT2D eigenvalue weighted by Gasteiger charge is -2.25. The molecule has 32 heavy (non-hydrogen) atoms. The van der Waals surface area contributed by atoms with Crippen LogP contribution in [-0.2, 0) is 4.79 Å². The highest BCUT2D eigenvalue weighted by atomic mass is 32.2. The number of unbranched alkanes of at least 4 members (excludes halogenated alkanes) is 5. The summed E-state index contributed by atoms with van der Waals surface area (Å²) in [4.78, 5) is 16.5. The van der Waals surface area contributed by atoms with E-state index in [-0.39, 0.29) is 18.0 Å². The highest BCUT2D eigenvalue weighted by molar-refractivity contribution is 7.97. The van der Waals surface area contributed by atoms with Gasteiger partial charge in [-0.3, -0.25) is 4.79 Å². The number of carbonyl (C=O) groups is 1. The molecule has 5 heteroatoms. The minimum absolute atomic E-state index is 0.0423. The Balaban J connectivity index is 1.58. The molecule has 2 atom stereocenters. The fourth-order valence-corrected chi connectivity index (χ4v) is 5.83. The summed E-state index contributed by atoms with van der Waals surface area (Å²) in [5.74, 6) is 0.197. The highest BCUT2D eigenvalue weighted by Crippen LogP contribution is 2.37. The average molecular weight is 456 g/mol. The zero-order valence-corrected chi connectivity index (χ0v) is 21.2.